The van der Waals surface area contributed by atoms with E-state index < -0.39 is 29.5 Å². The zero-order valence-electron chi connectivity index (χ0n) is 22.6. The van der Waals surface area contributed by atoms with Crippen LogP contribution in [0.5, 0.6) is 0 Å². The Balaban J connectivity index is 2.01. The third-order valence-corrected chi connectivity index (χ3v) is 6.08. The second-order valence-electron chi connectivity index (χ2n) is 10.4. The average Bonchev–Trinajstić information content (AvgIpc) is 2.90. The van der Waals surface area contributed by atoms with Crippen LogP contribution in [-0.4, -0.2) is 40.2 Å². The summed E-state index contributed by atoms with van der Waals surface area (Å²) < 4.78 is 11.6. The van der Waals surface area contributed by atoms with Gasteiger partial charge in [-0.1, -0.05) is 91.0 Å². The molecule has 3 aromatic rings. The molecule has 6 heteroatoms. The number of carbonyl (C=O) groups excluding carboxylic acids is 2. The van der Waals surface area contributed by atoms with Crippen molar-refractivity contribution in [3.05, 3.63) is 108 Å². The minimum atomic E-state index is -0.916. The van der Waals surface area contributed by atoms with E-state index in [1.165, 1.54) is 0 Å². The maximum Gasteiger partial charge on any atom is 0.324 e. The van der Waals surface area contributed by atoms with Crippen LogP contribution in [0, 0.1) is 5.92 Å². The lowest BCUT2D eigenvalue weighted by Gasteiger charge is -2.36. The highest BCUT2D eigenvalue weighted by molar-refractivity contribution is 5.85. The number of benzene rings is 3. The Morgan fingerprint density at radius 1 is 0.763 bits per heavy atom. The quantitative estimate of drug-likeness (QED) is 0.301. The minimum Gasteiger partial charge on any atom is -0.460 e. The Morgan fingerprint density at radius 2 is 1.24 bits per heavy atom. The second kappa shape index (κ2) is 14.5. The summed E-state index contributed by atoms with van der Waals surface area (Å²) in [5.41, 5.74) is 2.15. The average molecular weight is 518 g/mol. The van der Waals surface area contributed by atoms with Crippen LogP contribution >= 0.6 is 0 Å². The molecule has 0 fully saturated rings. The van der Waals surface area contributed by atoms with Crippen molar-refractivity contribution in [1.29, 1.82) is 0 Å². The highest BCUT2D eigenvalue weighted by Gasteiger charge is 2.41. The summed E-state index contributed by atoms with van der Waals surface area (Å²) in [7, 11) is 0. The highest BCUT2D eigenvalue weighted by atomic mass is 16.6. The fraction of sp³-hybridized carbons (Fsp3) is 0.375. The molecule has 0 spiro atoms. The van der Waals surface area contributed by atoms with Crippen molar-refractivity contribution >= 4 is 11.9 Å². The van der Waals surface area contributed by atoms with E-state index in [0.717, 1.165) is 16.7 Å². The fourth-order valence-electron chi connectivity index (χ4n) is 4.36. The molecule has 0 saturated carbocycles. The molecule has 3 aromatic carbocycles. The van der Waals surface area contributed by atoms with Gasteiger partial charge in [0.05, 0.1) is 5.92 Å². The van der Waals surface area contributed by atoms with Crippen LogP contribution in [0.3, 0.4) is 0 Å². The number of esters is 2. The number of hydrogen-bond donors (Lipinski definition) is 1. The Kier molecular flexibility index (Phi) is 11.1. The van der Waals surface area contributed by atoms with E-state index in [0.29, 0.717) is 19.5 Å². The van der Waals surface area contributed by atoms with E-state index in [1.807, 2.05) is 117 Å². The van der Waals surface area contributed by atoms with Crippen LogP contribution in [0.1, 0.15) is 50.3 Å². The Bertz CT molecular complexity index is 1070. The molecule has 0 amide bonds. The summed E-state index contributed by atoms with van der Waals surface area (Å²) in [6.07, 6.45) is 0.646. The van der Waals surface area contributed by atoms with Crippen molar-refractivity contribution in [1.82, 2.24) is 4.90 Å². The summed E-state index contributed by atoms with van der Waals surface area (Å²) in [6, 6.07) is 28.3. The van der Waals surface area contributed by atoms with Crippen molar-refractivity contribution in [3.8, 4) is 0 Å². The van der Waals surface area contributed by atoms with Gasteiger partial charge in [0.2, 0.25) is 0 Å². The molecule has 6 nitrogen and oxygen atoms in total. The molecule has 202 valence electrons. The Labute approximate surface area is 226 Å². The van der Waals surface area contributed by atoms with Gasteiger partial charge in [-0.2, -0.15) is 0 Å². The van der Waals surface area contributed by atoms with E-state index in [2.05, 4.69) is 0 Å². The summed E-state index contributed by atoms with van der Waals surface area (Å²) in [6.45, 7) is 6.29. The predicted octanol–water partition coefficient (Wildman–Crippen LogP) is 5.53. The van der Waals surface area contributed by atoms with Crippen LogP contribution in [0.4, 0.5) is 0 Å². The topological polar surface area (TPSA) is 76.1 Å². The molecule has 38 heavy (non-hydrogen) atoms. The van der Waals surface area contributed by atoms with Gasteiger partial charge in [0.25, 0.3) is 0 Å². The maximum absolute atomic E-state index is 13.9. The van der Waals surface area contributed by atoms with Crippen LogP contribution in [0.25, 0.3) is 0 Å². The first-order valence-electron chi connectivity index (χ1n) is 13.1. The van der Waals surface area contributed by atoms with E-state index in [1.54, 1.807) is 0 Å². The van der Waals surface area contributed by atoms with E-state index >= 15 is 0 Å². The van der Waals surface area contributed by atoms with Gasteiger partial charge in [-0.3, -0.25) is 14.5 Å². The highest BCUT2D eigenvalue weighted by Crippen LogP contribution is 2.27. The molecule has 0 saturated heterocycles. The Hall–Kier alpha value is -3.48. The third-order valence-electron chi connectivity index (χ3n) is 6.08. The lowest BCUT2D eigenvalue weighted by molar-refractivity contribution is -0.171. The van der Waals surface area contributed by atoms with Crippen molar-refractivity contribution in [2.45, 2.75) is 65.0 Å². The minimum absolute atomic E-state index is 0.0948. The molecule has 0 aliphatic carbocycles. The van der Waals surface area contributed by atoms with Crippen LogP contribution in [0.15, 0.2) is 91.0 Å². The number of aliphatic hydroxyl groups is 1. The van der Waals surface area contributed by atoms with Gasteiger partial charge in [-0.05, 0) is 50.3 Å². The lowest BCUT2D eigenvalue weighted by atomic mass is 9.91. The van der Waals surface area contributed by atoms with Gasteiger partial charge in [0.15, 0.2) is 0 Å². The lowest BCUT2D eigenvalue weighted by Crippen LogP contribution is -2.50. The predicted molar refractivity (Wildman–Crippen MR) is 148 cm³/mol. The van der Waals surface area contributed by atoms with Crippen molar-refractivity contribution < 1.29 is 24.2 Å². The first-order valence-corrected chi connectivity index (χ1v) is 13.1. The van der Waals surface area contributed by atoms with Gasteiger partial charge in [-0.15, -0.1) is 0 Å². The zero-order chi connectivity index (χ0) is 27.4. The van der Waals surface area contributed by atoms with Crippen molar-refractivity contribution in [2.75, 3.05) is 6.61 Å². The summed E-state index contributed by atoms with van der Waals surface area (Å²) in [5.74, 6) is -1.79. The molecule has 0 heterocycles. The molecule has 0 radical (unpaired) electrons. The molecule has 0 unspecified atom stereocenters. The van der Waals surface area contributed by atoms with Gasteiger partial charge >= 0.3 is 11.9 Å². The van der Waals surface area contributed by atoms with Crippen LogP contribution in [0.2, 0.25) is 0 Å². The van der Waals surface area contributed by atoms with Crippen LogP contribution in [-0.2, 0) is 38.8 Å². The first kappa shape index (κ1) is 29.1. The summed E-state index contributed by atoms with van der Waals surface area (Å²) >= 11 is 0. The van der Waals surface area contributed by atoms with Crippen molar-refractivity contribution in [3.63, 3.8) is 0 Å². The summed E-state index contributed by atoms with van der Waals surface area (Å²) in [4.78, 5) is 29.4. The van der Waals surface area contributed by atoms with Crippen LogP contribution < -0.4 is 0 Å². The molecular weight excluding hydrogens is 478 g/mol. The fourth-order valence-corrected chi connectivity index (χ4v) is 4.36. The molecular formula is C32H39NO5. The monoisotopic (exact) mass is 517 g/mol. The first-order chi connectivity index (χ1) is 18.3. The van der Waals surface area contributed by atoms with Gasteiger partial charge in [0.1, 0.15) is 18.2 Å². The smallest absolute Gasteiger partial charge is 0.324 e. The van der Waals surface area contributed by atoms with E-state index in [9.17, 15) is 14.7 Å². The number of hydrogen-bond acceptors (Lipinski definition) is 6. The number of rotatable bonds is 13. The maximum atomic E-state index is 13.9. The SMILES string of the molecule is CC(C)(C)OC(=O)[C@H](CCCO)[C@H](C(=O)OCc1ccccc1)N(Cc1ccccc1)Cc1ccccc1. The summed E-state index contributed by atoms with van der Waals surface area (Å²) in [5, 5.41) is 9.63. The molecule has 0 aliphatic heterocycles. The number of aliphatic hydroxyl groups excluding tert-OH is 1. The molecule has 0 aliphatic rings. The molecule has 3 rings (SSSR count). The van der Waals surface area contributed by atoms with E-state index in [-0.39, 0.29) is 19.6 Å². The number of nitrogens with zero attached hydrogens (tertiary/aromatic N) is 1. The third kappa shape index (κ3) is 9.43. The van der Waals surface area contributed by atoms with Gasteiger partial charge in [-0.25, -0.2) is 0 Å². The molecule has 0 aromatic heterocycles. The Morgan fingerprint density at radius 3 is 1.68 bits per heavy atom. The zero-order valence-corrected chi connectivity index (χ0v) is 22.6. The number of carbonyl (C=O) groups is 2. The van der Waals surface area contributed by atoms with Gasteiger partial charge in [0, 0.05) is 19.7 Å². The second-order valence-corrected chi connectivity index (χ2v) is 10.4. The largest absolute Gasteiger partial charge is 0.460 e. The normalized spacial score (nSPS) is 13.1. The molecule has 0 bridgehead atoms. The van der Waals surface area contributed by atoms with Crippen molar-refractivity contribution in [2.24, 2.45) is 5.92 Å². The standard InChI is InChI=1S/C32H39NO5/c1-32(2,3)38-30(35)28(20-13-21-34)29(31(36)37-24-27-18-11-6-12-19-27)33(22-25-14-7-4-8-15-25)23-26-16-9-5-10-17-26/h4-12,14-19,28-29,34H,13,20-24H2,1-3H3/t28-,29-/m1/s1. The van der Waals surface area contributed by atoms with Gasteiger partial charge < -0.3 is 14.6 Å². The molecule has 1 N–H and O–H groups in total. The number of ether oxygens (including phenoxy) is 2. The molecule has 2 atom stereocenters. The van der Waals surface area contributed by atoms with E-state index in [4.69, 9.17) is 9.47 Å².